The van der Waals surface area contributed by atoms with Gasteiger partial charge in [-0.15, -0.1) is 0 Å². The number of rotatable bonds is 3. The van der Waals surface area contributed by atoms with Crippen LogP contribution in [0.2, 0.25) is 0 Å². The molecule has 66 valence electrons. The van der Waals surface area contributed by atoms with Crippen LogP contribution in [-0.2, 0) is 4.79 Å². The quantitative estimate of drug-likeness (QED) is 0.658. The summed E-state index contributed by atoms with van der Waals surface area (Å²) in [5, 5.41) is 8.01. The molecule has 11 heavy (non-hydrogen) atoms. The topological polar surface area (TPSA) is 63.3 Å². The van der Waals surface area contributed by atoms with Crippen molar-refractivity contribution in [2.45, 2.75) is 25.1 Å². The van der Waals surface area contributed by atoms with E-state index in [1.54, 1.807) is 0 Å². The molecule has 3 N–H and O–H groups in total. The Labute approximate surface area is 61.0 Å². The summed E-state index contributed by atoms with van der Waals surface area (Å²) >= 11 is 0. The fraction of sp³-hybridized carbons (Fsp3) is 0.800. The summed E-state index contributed by atoms with van der Waals surface area (Å²) in [7, 11) is 0. The summed E-state index contributed by atoms with van der Waals surface area (Å²) in [4.78, 5) is 9.81. The Morgan fingerprint density at radius 2 is 2.00 bits per heavy atom. The lowest BCUT2D eigenvalue weighted by Crippen LogP contribution is -2.37. The molecule has 6 heteroatoms. The summed E-state index contributed by atoms with van der Waals surface area (Å²) < 4.78 is 34.7. The average molecular weight is 171 g/mol. The standard InChI is InChI=1S/C5H8F3NO2/c6-5(7,8)3(9)1-2-4(10)11/h3H,1-2,9H2,(H,10,11). The van der Waals surface area contributed by atoms with Gasteiger partial charge in [-0.05, 0) is 6.42 Å². The summed E-state index contributed by atoms with van der Waals surface area (Å²) in [6.45, 7) is 0. The van der Waals surface area contributed by atoms with Gasteiger partial charge in [0, 0.05) is 6.42 Å². The van der Waals surface area contributed by atoms with E-state index >= 15 is 0 Å². The molecule has 0 heterocycles. The molecule has 0 aliphatic rings. The fourth-order valence-electron chi connectivity index (χ4n) is 0.443. The number of carboxylic acid groups (broad SMARTS) is 1. The average Bonchev–Trinajstić information content (AvgIpc) is 1.80. The van der Waals surface area contributed by atoms with Crippen molar-refractivity contribution in [1.82, 2.24) is 0 Å². The van der Waals surface area contributed by atoms with Crippen LogP contribution in [-0.4, -0.2) is 23.3 Å². The molecule has 0 spiro atoms. The predicted octanol–water partition coefficient (Wildman–Crippen LogP) is 0.741. The predicted molar refractivity (Wildman–Crippen MR) is 30.9 cm³/mol. The van der Waals surface area contributed by atoms with E-state index in [0.717, 1.165) is 0 Å². The molecular formula is C5H8F3NO2. The molecule has 0 bridgehead atoms. The summed E-state index contributed by atoms with van der Waals surface area (Å²) in [6, 6.07) is -2.03. The molecule has 0 aromatic heterocycles. The number of carboxylic acids is 1. The van der Waals surface area contributed by atoms with E-state index in [-0.39, 0.29) is 0 Å². The van der Waals surface area contributed by atoms with E-state index in [2.05, 4.69) is 5.73 Å². The lowest BCUT2D eigenvalue weighted by Gasteiger charge is -2.13. The smallest absolute Gasteiger partial charge is 0.403 e. The summed E-state index contributed by atoms with van der Waals surface area (Å²) in [5.74, 6) is -1.27. The van der Waals surface area contributed by atoms with Crippen LogP contribution in [0, 0.1) is 0 Å². The van der Waals surface area contributed by atoms with E-state index in [1.807, 2.05) is 0 Å². The molecule has 0 aromatic carbocycles. The fourth-order valence-corrected chi connectivity index (χ4v) is 0.443. The highest BCUT2D eigenvalue weighted by molar-refractivity contribution is 5.66. The molecule has 1 unspecified atom stereocenters. The highest BCUT2D eigenvalue weighted by Crippen LogP contribution is 2.21. The minimum Gasteiger partial charge on any atom is -0.481 e. The molecule has 0 aliphatic carbocycles. The SMILES string of the molecule is NC(CCC(=O)O)C(F)(F)F. The summed E-state index contributed by atoms with van der Waals surface area (Å²) in [5.41, 5.74) is 4.61. The third-order valence-corrected chi connectivity index (χ3v) is 1.09. The maximum Gasteiger partial charge on any atom is 0.403 e. The Bertz CT molecular complexity index is 145. The van der Waals surface area contributed by atoms with Crippen molar-refractivity contribution in [1.29, 1.82) is 0 Å². The van der Waals surface area contributed by atoms with Crippen LogP contribution in [0.1, 0.15) is 12.8 Å². The van der Waals surface area contributed by atoms with Gasteiger partial charge < -0.3 is 10.8 Å². The van der Waals surface area contributed by atoms with Crippen molar-refractivity contribution < 1.29 is 23.1 Å². The van der Waals surface area contributed by atoms with Crippen molar-refractivity contribution >= 4 is 5.97 Å². The van der Waals surface area contributed by atoms with Crippen molar-refractivity contribution in [3.05, 3.63) is 0 Å². The zero-order valence-corrected chi connectivity index (χ0v) is 5.56. The first-order chi connectivity index (χ1) is 4.84. The number of nitrogens with two attached hydrogens (primary N) is 1. The van der Waals surface area contributed by atoms with Crippen LogP contribution in [0.25, 0.3) is 0 Å². The van der Waals surface area contributed by atoms with Gasteiger partial charge in [-0.2, -0.15) is 13.2 Å². The normalized spacial score (nSPS) is 14.5. The van der Waals surface area contributed by atoms with Gasteiger partial charge in [0.15, 0.2) is 0 Å². The third kappa shape index (κ3) is 4.60. The molecule has 0 saturated carbocycles. The van der Waals surface area contributed by atoms with Crippen molar-refractivity contribution in [2.75, 3.05) is 0 Å². The Hall–Kier alpha value is -0.780. The highest BCUT2D eigenvalue weighted by Gasteiger charge is 2.36. The Kier molecular flexibility index (Phi) is 3.31. The summed E-state index contributed by atoms with van der Waals surface area (Å²) in [6.07, 6.45) is -5.62. The first kappa shape index (κ1) is 10.2. The maximum absolute atomic E-state index is 11.6. The zero-order valence-electron chi connectivity index (χ0n) is 5.56. The Morgan fingerprint density at radius 3 is 2.27 bits per heavy atom. The zero-order chi connectivity index (χ0) is 9.07. The number of hydrogen-bond donors (Lipinski definition) is 2. The number of halogens is 3. The first-order valence-electron chi connectivity index (χ1n) is 2.88. The van der Waals surface area contributed by atoms with E-state index in [4.69, 9.17) is 5.11 Å². The van der Waals surface area contributed by atoms with Crippen LogP contribution in [0.4, 0.5) is 13.2 Å². The highest BCUT2D eigenvalue weighted by atomic mass is 19.4. The van der Waals surface area contributed by atoms with Crippen LogP contribution in [0.3, 0.4) is 0 Å². The third-order valence-electron chi connectivity index (χ3n) is 1.09. The Balaban J connectivity index is 3.70. The molecular weight excluding hydrogens is 163 g/mol. The van der Waals surface area contributed by atoms with Gasteiger partial charge in [0.2, 0.25) is 0 Å². The van der Waals surface area contributed by atoms with Crippen LogP contribution >= 0.6 is 0 Å². The van der Waals surface area contributed by atoms with Gasteiger partial charge in [-0.1, -0.05) is 0 Å². The molecule has 0 radical (unpaired) electrons. The number of aliphatic carboxylic acids is 1. The van der Waals surface area contributed by atoms with Gasteiger partial charge in [0.1, 0.15) is 6.04 Å². The lowest BCUT2D eigenvalue weighted by molar-refractivity contribution is -0.152. The van der Waals surface area contributed by atoms with E-state index < -0.39 is 31.0 Å². The first-order valence-corrected chi connectivity index (χ1v) is 2.88. The second-order valence-corrected chi connectivity index (χ2v) is 2.08. The van der Waals surface area contributed by atoms with Gasteiger partial charge in [-0.3, -0.25) is 4.79 Å². The molecule has 0 amide bonds. The molecule has 0 saturated heterocycles. The Morgan fingerprint density at radius 1 is 1.55 bits per heavy atom. The minimum atomic E-state index is -4.49. The van der Waals surface area contributed by atoms with Crippen LogP contribution in [0.15, 0.2) is 0 Å². The number of hydrogen-bond acceptors (Lipinski definition) is 2. The molecule has 3 nitrogen and oxygen atoms in total. The van der Waals surface area contributed by atoms with E-state index in [0.29, 0.717) is 0 Å². The second-order valence-electron chi connectivity index (χ2n) is 2.08. The number of alkyl halides is 3. The second kappa shape index (κ2) is 3.56. The number of carbonyl (C=O) groups is 1. The van der Waals surface area contributed by atoms with Gasteiger partial charge in [-0.25, -0.2) is 0 Å². The van der Waals surface area contributed by atoms with Gasteiger partial charge in [0.05, 0.1) is 0 Å². The molecule has 0 aliphatic heterocycles. The molecule has 1 atom stereocenters. The van der Waals surface area contributed by atoms with Crippen molar-refractivity contribution in [3.8, 4) is 0 Å². The van der Waals surface area contributed by atoms with Crippen LogP contribution < -0.4 is 5.73 Å². The van der Waals surface area contributed by atoms with E-state index in [1.165, 1.54) is 0 Å². The monoisotopic (exact) mass is 171 g/mol. The van der Waals surface area contributed by atoms with Crippen molar-refractivity contribution in [2.24, 2.45) is 5.73 Å². The van der Waals surface area contributed by atoms with E-state index in [9.17, 15) is 18.0 Å². The van der Waals surface area contributed by atoms with Crippen molar-refractivity contribution in [3.63, 3.8) is 0 Å². The maximum atomic E-state index is 11.6. The minimum absolute atomic E-state index is 0.555. The largest absolute Gasteiger partial charge is 0.481 e. The van der Waals surface area contributed by atoms with Crippen LogP contribution in [0.5, 0.6) is 0 Å². The lowest BCUT2D eigenvalue weighted by atomic mass is 10.1. The van der Waals surface area contributed by atoms with Gasteiger partial charge >= 0.3 is 12.1 Å². The molecule has 0 fully saturated rings. The van der Waals surface area contributed by atoms with Gasteiger partial charge in [0.25, 0.3) is 0 Å². The molecule has 0 rings (SSSR count). The molecule has 0 aromatic rings.